The minimum atomic E-state index is 0.163. The van der Waals surface area contributed by atoms with Gasteiger partial charge in [-0.3, -0.25) is 4.79 Å². The molecule has 5 heteroatoms. The van der Waals surface area contributed by atoms with Crippen molar-refractivity contribution < 1.29 is 4.79 Å². The minimum absolute atomic E-state index is 0.163. The van der Waals surface area contributed by atoms with E-state index in [1.54, 1.807) is 6.33 Å². The highest BCUT2D eigenvalue weighted by molar-refractivity contribution is 5.99. The molecule has 0 aromatic carbocycles. The van der Waals surface area contributed by atoms with E-state index >= 15 is 0 Å². The molecular weight excluding hydrogens is 276 g/mol. The van der Waals surface area contributed by atoms with Gasteiger partial charge in [-0.05, 0) is 31.4 Å². The molecule has 0 radical (unpaired) electrons. The Labute approximate surface area is 129 Å². The van der Waals surface area contributed by atoms with Gasteiger partial charge in [0, 0.05) is 37.1 Å². The number of amides is 1. The molecule has 22 heavy (non-hydrogen) atoms. The summed E-state index contributed by atoms with van der Waals surface area (Å²) in [4.78, 5) is 22.3. The highest BCUT2D eigenvalue weighted by atomic mass is 16.2. The lowest BCUT2D eigenvalue weighted by molar-refractivity contribution is 0.0722. The summed E-state index contributed by atoms with van der Waals surface area (Å²) in [7, 11) is 2.08. The summed E-state index contributed by atoms with van der Waals surface area (Å²) in [6.07, 6.45) is 8.96. The van der Waals surface area contributed by atoms with E-state index in [9.17, 15) is 4.79 Å². The third-order valence-corrected chi connectivity index (χ3v) is 4.90. The van der Waals surface area contributed by atoms with Gasteiger partial charge in [-0.2, -0.15) is 0 Å². The number of imidazole rings is 1. The van der Waals surface area contributed by atoms with Gasteiger partial charge in [-0.25, -0.2) is 4.98 Å². The average Bonchev–Trinajstić information content (AvgIpc) is 3.05. The number of hydrogen-bond donors (Lipinski definition) is 1. The number of carbonyl (C=O) groups excluding carboxylic acids is 1. The topological polar surface area (TPSA) is 53.9 Å². The Morgan fingerprint density at radius 3 is 3.00 bits per heavy atom. The fourth-order valence-electron chi connectivity index (χ4n) is 3.63. The molecule has 3 heterocycles. The van der Waals surface area contributed by atoms with E-state index < -0.39 is 0 Å². The zero-order chi connectivity index (χ0) is 15.3. The average molecular weight is 296 g/mol. The molecule has 1 aliphatic heterocycles. The van der Waals surface area contributed by atoms with Gasteiger partial charge >= 0.3 is 0 Å². The quantitative estimate of drug-likeness (QED) is 0.924. The Morgan fingerprint density at radius 2 is 2.23 bits per heavy atom. The third kappa shape index (κ3) is 1.85. The molecule has 1 aliphatic carbocycles. The fourth-order valence-corrected chi connectivity index (χ4v) is 3.63. The van der Waals surface area contributed by atoms with E-state index in [1.807, 2.05) is 11.8 Å². The van der Waals surface area contributed by atoms with Crippen LogP contribution in [0.3, 0.4) is 0 Å². The van der Waals surface area contributed by atoms with Crippen LogP contribution < -0.4 is 0 Å². The molecule has 4 rings (SSSR count). The van der Waals surface area contributed by atoms with E-state index in [-0.39, 0.29) is 5.91 Å². The Kier molecular flexibility index (Phi) is 2.96. The number of aromatic amines is 1. The monoisotopic (exact) mass is 296 g/mol. The second-order valence-corrected chi connectivity index (χ2v) is 6.14. The van der Waals surface area contributed by atoms with Gasteiger partial charge in [0.2, 0.25) is 0 Å². The van der Waals surface area contributed by atoms with Crippen LogP contribution in [0.2, 0.25) is 0 Å². The number of carbonyl (C=O) groups is 1. The van der Waals surface area contributed by atoms with Gasteiger partial charge < -0.3 is 14.5 Å². The van der Waals surface area contributed by atoms with Gasteiger partial charge in [-0.15, -0.1) is 0 Å². The Balaban J connectivity index is 1.71. The number of rotatable bonds is 2. The molecule has 0 atom stereocenters. The summed E-state index contributed by atoms with van der Waals surface area (Å²) in [6.45, 7) is 3.35. The molecule has 1 N–H and O–H groups in total. The Hall–Kier alpha value is -2.30. The lowest BCUT2D eigenvalue weighted by atomic mass is 9.96. The molecule has 2 aromatic heterocycles. The Bertz CT molecular complexity index is 781. The highest BCUT2D eigenvalue weighted by Gasteiger charge is 2.32. The largest absolute Gasteiger partial charge is 0.348 e. The molecular formula is C17H20N4O. The summed E-state index contributed by atoms with van der Waals surface area (Å²) >= 11 is 0. The number of H-pyrrole nitrogens is 1. The van der Waals surface area contributed by atoms with Crippen molar-refractivity contribution in [2.75, 3.05) is 6.54 Å². The van der Waals surface area contributed by atoms with E-state index in [2.05, 4.69) is 33.7 Å². The van der Waals surface area contributed by atoms with Crippen molar-refractivity contribution >= 4 is 12.0 Å². The maximum atomic E-state index is 13.0. The molecule has 0 spiro atoms. The van der Waals surface area contributed by atoms with E-state index in [4.69, 9.17) is 0 Å². The molecule has 0 unspecified atom stereocenters. The maximum absolute atomic E-state index is 13.0. The standard InChI is InChI=1S/C17H20N4O/c1-11-13(19-10-18-11)9-21-8-7-15-16(17(21)22)12-5-3-4-6-14(12)20(15)2/h4,6,10H,3,5,7-9H2,1-2H3,(H,18,19). The van der Waals surface area contributed by atoms with Gasteiger partial charge in [-0.1, -0.05) is 6.08 Å². The van der Waals surface area contributed by atoms with Crippen LogP contribution in [0, 0.1) is 6.92 Å². The number of nitrogens with zero attached hydrogens (tertiary/aromatic N) is 3. The van der Waals surface area contributed by atoms with Crippen LogP contribution >= 0.6 is 0 Å². The summed E-state index contributed by atoms with van der Waals surface area (Å²) in [5, 5.41) is 0. The molecule has 0 bridgehead atoms. The molecule has 0 fully saturated rings. The lowest BCUT2D eigenvalue weighted by Crippen LogP contribution is -2.38. The lowest BCUT2D eigenvalue weighted by Gasteiger charge is -2.27. The van der Waals surface area contributed by atoms with Crippen LogP contribution in [-0.4, -0.2) is 31.9 Å². The van der Waals surface area contributed by atoms with Gasteiger partial charge in [0.15, 0.2) is 0 Å². The fraction of sp³-hybridized carbons (Fsp3) is 0.412. The normalized spacial score (nSPS) is 16.8. The molecule has 114 valence electrons. The van der Waals surface area contributed by atoms with Gasteiger partial charge in [0.25, 0.3) is 5.91 Å². The summed E-state index contributed by atoms with van der Waals surface area (Å²) < 4.78 is 2.20. The van der Waals surface area contributed by atoms with Crippen molar-refractivity contribution in [2.45, 2.75) is 32.7 Å². The molecule has 5 nitrogen and oxygen atoms in total. The van der Waals surface area contributed by atoms with E-state index in [0.29, 0.717) is 6.54 Å². The van der Waals surface area contributed by atoms with Crippen LogP contribution in [0.1, 0.15) is 45.1 Å². The predicted octanol–water partition coefficient (Wildman–Crippen LogP) is 2.21. The van der Waals surface area contributed by atoms with Crippen molar-refractivity contribution in [1.29, 1.82) is 0 Å². The van der Waals surface area contributed by atoms with Crippen molar-refractivity contribution in [3.63, 3.8) is 0 Å². The first-order chi connectivity index (χ1) is 10.7. The van der Waals surface area contributed by atoms with Gasteiger partial charge in [0.1, 0.15) is 0 Å². The van der Waals surface area contributed by atoms with Crippen LogP contribution in [0.15, 0.2) is 12.4 Å². The second-order valence-electron chi connectivity index (χ2n) is 6.14. The predicted molar refractivity (Wildman–Crippen MR) is 84.5 cm³/mol. The number of allylic oxidation sites excluding steroid dienone is 1. The minimum Gasteiger partial charge on any atom is -0.348 e. The second kappa shape index (κ2) is 4.87. The van der Waals surface area contributed by atoms with Crippen LogP contribution in [-0.2, 0) is 26.4 Å². The van der Waals surface area contributed by atoms with Crippen LogP contribution in [0.5, 0.6) is 0 Å². The SMILES string of the molecule is Cc1[nH]cnc1CN1CCc2c(c3c(n2C)C=CCC3)C1=O. The van der Waals surface area contributed by atoms with Crippen molar-refractivity contribution in [3.8, 4) is 0 Å². The Morgan fingerprint density at radius 1 is 1.36 bits per heavy atom. The van der Waals surface area contributed by atoms with Crippen molar-refractivity contribution in [3.05, 3.63) is 46.3 Å². The van der Waals surface area contributed by atoms with E-state index in [1.165, 1.54) is 17.0 Å². The smallest absolute Gasteiger partial charge is 0.256 e. The first-order valence-corrected chi connectivity index (χ1v) is 7.82. The number of nitrogens with one attached hydrogen (secondary N) is 1. The molecule has 2 aliphatic rings. The highest BCUT2D eigenvalue weighted by Crippen LogP contribution is 2.32. The number of hydrogen-bond acceptors (Lipinski definition) is 2. The molecule has 0 saturated heterocycles. The van der Waals surface area contributed by atoms with Gasteiger partial charge in [0.05, 0.1) is 24.1 Å². The first-order valence-electron chi connectivity index (χ1n) is 7.82. The zero-order valence-corrected chi connectivity index (χ0v) is 13.0. The molecule has 1 amide bonds. The summed E-state index contributed by atoms with van der Waals surface area (Å²) in [5.41, 5.74) is 6.58. The maximum Gasteiger partial charge on any atom is 0.256 e. The summed E-state index contributed by atoms with van der Waals surface area (Å²) in [5.74, 6) is 0.163. The molecule has 0 saturated carbocycles. The number of aromatic nitrogens is 3. The van der Waals surface area contributed by atoms with Crippen LogP contribution in [0.25, 0.3) is 6.08 Å². The number of fused-ring (bicyclic) bond motifs is 3. The number of aryl methyl sites for hydroxylation is 1. The zero-order valence-electron chi connectivity index (χ0n) is 13.0. The van der Waals surface area contributed by atoms with E-state index in [0.717, 1.165) is 42.8 Å². The summed E-state index contributed by atoms with van der Waals surface area (Å²) in [6, 6.07) is 0. The van der Waals surface area contributed by atoms with Crippen molar-refractivity contribution in [2.24, 2.45) is 7.05 Å². The van der Waals surface area contributed by atoms with Crippen LogP contribution in [0.4, 0.5) is 0 Å². The molecule has 2 aromatic rings. The van der Waals surface area contributed by atoms with Crippen molar-refractivity contribution in [1.82, 2.24) is 19.4 Å². The third-order valence-electron chi connectivity index (χ3n) is 4.90. The first kappa shape index (κ1) is 13.4.